The minimum absolute atomic E-state index is 0.590. The Morgan fingerprint density at radius 3 is 2.56 bits per heavy atom. The lowest BCUT2D eigenvalue weighted by atomic mass is 10.6. The van der Waals surface area contributed by atoms with E-state index < -0.39 is 18.9 Å². The van der Waals surface area contributed by atoms with Gasteiger partial charge >= 0.3 is 6.03 Å². The Morgan fingerprint density at radius 1 is 1.67 bits per heavy atom. The molecule has 0 aliphatic carbocycles. The number of nitrogens with one attached hydrogen (secondary N) is 2. The van der Waals surface area contributed by atoms with E-state index in [2.05, 4.69) is 0 Å². The number of urea groups is 1. The van der Waals surface area contributed by atoms with Gasteiger partial charge in [0.15, 0.2) is 6.23 Å². The average molecular weight is 136 g/mol. The van der Waals surface area contributed by atoms with Gasteiger partial charge in [-0.25, -0.2) is 10.3 Å². The molecule has 0 spiro atoms. The first-order valence-corrected chi connectivity index (χ1v) is 2.20. The maximum absolute atomic E-state index is 10.0. The Bertz CT molecular complexity index is 95.8. The van der Waals surface area contributed by atoms with Crippen molar-refractivity contribution in [3.8, 4) is 0 Å². The van der Waals surface area contributed by atoms with Gasteiger partial charge < -0.3 is 15.5 Å². The third kappa shape index (κ3) is 3.71. The molecule has 0 fully saturated rings. The van der Waals surface area contributed by atoms with Gasteiger partial charge in [-0.15, -0.1) is 0 Å². The molecule has 0 rings (SSSR count). The lowest BCUT2D eigenvalue weighted by Gasteiger charge is -2.06. The fraction of sp³-hybridized carbons (Fsp3) is 0.667. The SMILES string of the molecule is O=C(NO)NC(O)CO. The fourth-order valence-corrected chi connectivity index (χ4v) is 0.229. The Balaban J connectivity index is 3.34. The van der Waals surface area contributed by atoms with E-state index >= 15 is 0 Å². The molecule has 0 radical (unpaired) electrons. The van der Waals surface area contributed by atoms with E-state index in [4.69, 9.17) is 15.4 Å². The molecular weight excluding hydrogens is 128 g/mol. The van der Waals surface area contributed by atoms with Crippen LogP contribution in [0.3, 0.4) is 0 Å². The van der Waals surface area contributed by atoms with Gasteiger partial charge in [-0.3, -0.25) is 5.21 Å². The molecule has 54 valence electrons. The van der Waals surface area contributed by atoms with Crippen molar-refractivity contribution in [3.05, 3.63) is 0 Å². The van der Waals surface area contributed by atoms with Crippen molar-refractivity contribution in [2.75, 3.05) is 6.61 Å². The number of carbonyl (C=O) groups excluding carboxylic acids is 1. The van der Waals surface area contributed by atoms with Crippen LogP contribution in [0.5, 0.6) is 0 Å². The Hall–Kier alpha value is -0.850. The predicted molar refractivity (Wildman–Crippen MR) is 26.5 cm³/mol. The van der Waals surface area contributed by atoms with Crippen LogP contribution >= 0.6 is 0 Å². The van der Waals surface area contributed by atoms with E-state index in [1.165, 1.54) is 5.48 Å². The minimum atomic E-state index is -1.34. The van der Waals surface area contributed by atoms with Crippen molar-refractivity contribution >= 4 is 6.03 Å². The number of hydrogen-bond acceptors (Lipinski definition) is 4. The molecule has 0 aliphatic heterocycles. The molecule has 6 heteroatoms. The van der Waals surface area contributed by atoms with E-state index in [0.717, 1.165) is 0 Å². The second kappa shape index (κ2) is 4.07. The molecule has 0 bridgehead atoms. The van der Waals surface area contributed by atoms with Gasteiger partial charge in [0.2, 0.25) is 0 Å². The molecule has 1 unspecified atom stereocenters. The average Bonchev–Trinajstić information content (AvgIpc) is 1.87. The number of aliphatic hydroxyl groups excluding tert-OH is 2. The van der Waals surface area contributed by atoms with Gasteiger partial charge in [0.25, 0.3) is 0 Å². The van der Waals surface area contributed by atoms with E-state index in [9.17, 15) is 4.79 Å². The maximum Gasteiger partial charge on any atom is 0.340 e. The van der Waals surface area contributed by atoms with Crippen LogP contribution in [0.25, 0.3) is 0 Å². The Labute approximate surface area is 51.1 Å². The van der Waals surface area contributed by atoms with Gasteiger partial charge in [-0.05, 0) is 0 Å². The Kier molecular flexibility index (Phi) is 3.69. The summed E-state index contributed by atoms with van der Waals surface area (Å²) in [6.07, 6.45) is -1.34. The summed E-state index contributed by atoms with van der Waals surface area (Å²) < 4.78 is 0. The number of hydrogen-bond donors (Lipinski definition) is 5. The number of rotatable bonds is 2. The first-order chi connectivity index (χ1) is 4.20. The summed E-state index contributed by atoms with van der Waals surface area (Å²) in [6.45, 7) is -0.590. The zero-order valence-corrected chi connectivity index (χ0v) is 4.53. The van der Waals surface area contributed by atoms with Gasteiger partial charge in [-0.2, -0.15) is 0 Å². The van der Waals surface area contributed by atoms with Gasteiger partial charge in [-0.1, -0.05) is 0 Å². The van der Waals surface area contributed by atoms with Gasteiger partial charge in [0.1, 0.15) is 0 Å². The minimum Gasteiger partial charge on any atom is -0.392 e. The third-order valence-corrected chi connectivity index (χ3v) is 0.572. The molecule has 0 aromatic rings. The Morgan fingerprint density at radius 2 is 2.22 bits per heavy atom. The van der Waals surface area contributed by atoms with Crippen LogP contribution in [0, 0.1) is 0 Å². The summed E-state index contributed by atoms with van der Waals surface area (Å²) in [5.41, 5.74) is 1.21. The van der Waals surface area contributed by atoms with Crippen molar-refractivity contribution in [2.24, 2.45) is 0 Å². The summed E-state index contributed by atoms with van der Waals surface area (Å²) in [5, 5.41) is 26.1. The van der Waals surface area contributed by atoms with Crippen LogP contribution in [0.4, 0.5) is 4.79 Å². The second-order valence-electron chi connectivity index (χ2n) is 1.28. The highest BCUT2D eigenvalue weighted by Crippen LogP contribution is 1.70. The topological polar surface area (TPSA) is 102 Å². The van der Waals surface area contributed by atoms with Crippen LogP contribution < -0.4 is 10.8 Å². The number of carbonyl (C=O) groups is 1. The molecule has 9 heavy (non-hydrogen) atoms. The molecule has 6 nitrogen and oxygen atoms in total. The number of hydroxylamine groups is 1. The highest BCUT2D eigenvalue weighted by molar-refractivity contribution is 5.72. The van der Waals surface area contributed by atoms with E-state index in [1.54, 1.807) is 5.32 Å². The van der Waals surface area contributed by atoms with Crippen molar-refractivity contribution in [1.29, 1.82) is 0 Å². The summed E-state index contributed by atoms with van der Waals surface area (Å²) in [4.78, 5) is 10.0. The van der Waals surface area contributed by atoms with Crippen molar-refractivity contribution in [2.45, 2.75) is 6.23 Å². The first kappa shape index (κ1) is 8.15. The zero-order chi connectivity index (χ0) is 7.28. The fourth-order valence-electron chi connectivity index (χ4n) is 0.229. The first-order valence-electron chi connectivity index (χ1n) is 2.20. The summed E-state index contributed by atoms with van der Waals surface area (Å²) >= 11 is 0. The second-order valence-corrected chi connectivity index (χ2v) is 1.28. The van der Waals surface area contributed by atoms with E-state index in [0.29, 0.717) is 0 Å². The lowest BCUT2D eigenvalue weighted by Crippen LogP contribution is -2.42. The van der Waals surface area contributed by atoms with Gasteiger partial charge in [0, 0.05) is 0 Å². The molecule has 0 aromatic carbocycles. The van der Waals surface area contributed by atoms with E-state index in [1.807, 2.05) is 0 Å². The lowest BCUT2D eigenvalue weighted by molar-refractivity contribution is 0.0671. The molecule has 0 saturated carbocycles. The standard InChI is InChI=1S/C3H8N2O4/c6-1-2(7)4-3(8)5-9/h2,6-7,9H,1H2,(H2,4,5,8). The highest BCUT2D eigenvalue weighted by Gasteiger charge is 2.03. The largest absolute Gasteiger partial charge is 0.392 e. The molecule has 0 aromatic heterocycles. The molecule has 5 N–H and O–H groups in total. The summed E-state index contributed by atoms with van der Waals surface area (Å²) in [5.74, 6) is 0. The zero-order valence-electron chi connectivity index (χ0n) is 4.53. The van der Waals surface area contributed by atoms with Crippen molar-refractivity contribution in [1.82, 2.24) is 10.8 Å². The van der Waals surface area contributed by atoms with Gasteiger partial charge in [0.05, 0.1) is 6.61 Å². The summed E-state index contributed by atoms with van der Waals surface area (Å²) in [7, 11) is 0. The van der Waals surface area contributed by atoms with E-state index in [-0.39, 0.29) is 0 Å². The predicted octanol–water partition coefficient (Wildman–Crippen LogP) is -2.01. The highest BCUT2D eigenvalue weighted by atomic mass is 16.5. The van der Waals surface area contributed by atoms with Crippen molar-refractivity contribution < 1.29 is 20.2 Å². The monoisotopic (exact) mass is 136 g/mol. The van der Waals surface area contributed by atoms with Crippen LogP contribution in [0.1, 0.15) is 0 Å². The molecule has 1 atom stereocenters. The third-order valence-electron chi connectivity index (χ3n) is 0.572. The number of amides is 2. The van der Waals surface area contributed by atoms with Crippen LogP contribution in [-0.4, -0.2) is 34.3 Å². The van der Waals surface area contributed by atoms with Crippen LogP contribution in [-0.2, 0) is 0 Å². The van der Waals surface area contributed by atoms with Crippen molar-refractivity contribution in [3.63, 3.8) is 0 Å². The van der Waals surface area contributed by atoms with Crippen LogP contribution in [0.2, 0.25) is 0 Å². The number of aliphatic hydroxyl groups is 2. The molecule has 2 amide bonds. The molecular formula is C3H8N2O4. The normalized spacial score (nSPS) is 12.3. The molecule has 0 aliphatic rings. The molecule has 0 saturated heterocycles. The quantitative estimate of drug-likeness (QED) is 0.172. The smallest absolute Gasteiger partial charge is 0.340 e. The summed E-state index contributed by atoms with van der Waals surface area (Å²) in [6, 6.07) is -0.962. The maximum atomic E-state index is 10.0. The molecule has 0 heterocycles. The van der Waals surface area contributed by atoms with Crippen LogP contribution in [0.15, 0.2) is 0 Å².